The van der Waals surface area contributed by atoms with Gasteiger partial charge in [0.2, 0.25) is 0 Å². The van der Waals surface area contributed by atoms with E-state index in [1.54, 1.807) is 24.3 Å². The molecule has 0 spiro atoms. The van der Waals surface area contributed by atoms with E-state index in [2.05, 4.69) is 6.58 Å². The largest absolute Gasteiger partial charge is 0.488 e. The molecule has 0 aromatic heterocycles. The van der Waals surface area contributed by atoms with E-state index in [1.807, 2.05) is 0 Å². The summed E-state index contributed by atoms with van der Waals surface area (Å²) in [4.78, 5) is 1.32. The minimum atomic E-state index is -2.56. The smallest absolute Gasteiger partial charge is 0.272 e. The number of halogens is 5. The van der Waals surface area contributed by atoms with Gasteiger partial charge in [0, 0.05) is 5.70 Å². The molecule has 124 valence electrons. The molecule has 0 atom stereocenters. The summed E-state index contributed by atoms with van der Waals surface area (Å²) in [6, 6.07) is 6.21. The van der Waals surface area contributed by atoms with Crippen LogP contribution < -0.4 is 4.74 Å². The fourth-order valence-electron chi connectivity index (χ4n) is 2.09. The number of hydrogen-bond donors (Lipinski definition) is 0. The van der Waals surface area contributed by atoms with Gasteiger partial charge in [-0.25, -0.2) is 17.6 Å². The van der Waals surface area contributed by atoms with E-state index in [1.165, 1.54) is 17.0 Å². The lowest BCUT2D eigenvalue weighted by atomic mass is 10.1. The van der Waals surface area contributed by atoms with Gasteiger partial charge in [0.15, 0.2) is 0 Å². The summed E-state index contributed by atoms with van der Waals surface area (Å²) >= 11 is 5.93. The van der Waals surface area contributed by atoms with Gasteiger partial charge in [-0.3, -0.25) is 0 Å². The van der Waals surface area contributed by atoms with Crippen LogP contribution in [0.25, 0.3) is 5.70 Å². The molecule has 0 saturated heterocycles. The van der Waals surface area contributed by atoms with Crippen LogP contribution >= 0.6 is 11.6 Å². The van der Waals surface area contributed by atoms with Crippen LogP contribution in [0.2, 0.25) is 0 Å². The Balaban J connectivity index is 2.22. The van der Waals surface area contributed by atoms with Gasteiger partial charge in [0.1, 0.15) is 12.4 Å². The van der Waals surface area contributed by atoms with Crippen molar-refractivity contribution in [3.8, 4) is 5.75 Å². The van der Waals surface area contributed by atoms with Gasteiger partial charge in [-0.2, -0.15) is 0 Å². The average Bonchev–Trinajstić information content (AvgIpc) is 2.50. The first-order valence-corrected chi connectivity index (χ1v) is 7.10. The van der Waals surface area contributed by atoms with Crippen molar-refractivity contribution in [3.63, 3.8) is 0 Å². The van der Waals surface area contributed by atoms with Crippen molar-refractivity contribution in [3.05, 3.63) is 59.3 Å². The Morgan fingerprint density at radius 3 is 2.26 bits per heavy atom. The molecule has 0 bridgehead atoms. The third-order valence-electron chi connectivity index (χ3n) is 3.13. The third-order valence-corrected chi connectivity index (χ3v) is 3.47. The van der Waals surface area contributed by atoms with Crippen molar-refractivity contribution in [2.45, 2.75) is 12.9 Å². The lowest BCUT2D eigenvalue weighted by Crippen LogP contribution is -2.28. The van der Waals surface area contributed by atoms with Gasteiger partial charge in [0.05, 0.1) is 17.3 Å². The normalized spacial score (nSPS) is 15.1. The number of alkyl halides is 4. The van der Waals surface area contributed by atoms with Crippen LogP contribution in [0, 0.1) is 0 Å². The molecule has 7 heteroatoms. The Morgan fingerprint density at radius 1 is 1.04 bits per heavy atom. The van der Waals surface area contributed by atoms with E-state index < -0.39 is 26.0 Å². The van der Waals surface area contributed by atoms with Gasteiger partial charge >= 0.3 is 0 Å². The number of allylic oxidation sites excluding steroid dienone is 3. The minimum absolute atomic E-state index is 0.276. The molecule has 0 fully saturated rings. The molecule has 1 aliphatic rings. The van der Waals surface area contributed by atoms with Crippen molar-refractivity contribution < 1.29 is 22.3 Å². The molecule has 0 saturated carbocycles. The summed E-state index contributed by atoms with van der Waals surface area (Å²) in [5.41, 5.74) is 1.40. The quantitative estimate of drug-likeness (QED) is 0.679. The predicted molar refractivity (Wildman–Crippen MR) is 81.7 cm³/mol. The summed E-state index contributed by atoms with van der Waals surface area (Å²) in [7, 11) is 0. The number of rotatable bonds is 6. The van der Waals surface area contributed by atoms with Gasteiger partial charge in [-0.05, 0) is 42.0 Å². The predicted octanol–water partition coefficient (Wildman–Crippen LogP) is 4.89. The molecule has 0 radical (unpaired) electrons. The summed E-state index contributed by atoms with van der Waals surface area (Å²) < 4.78 is 54.7. The molecule has 2 nitrogen and oxygen atoms in total. The number of benzene rings is 1. The molecule has 0 amide bonds. The second-order valence-corrected chi connectivity index (χ2v) is 5.15. The summed E-state index contributed by atoms with van der Waals surface area (Å²) in [5.74, 6) is 0.276. The lowest BCUT2D eigenvalue weighted by molar-refractivity contribution is 0.0819. The lowest BCUT2D eigenvalue weighted by Gasteiger charge is -2.31. The SMILES string of the molecule is C=C1C(Cl)=CC=C(c2ccc(OCC(F)F)cc2)N1CC(F)F. The Labute approximate surface area is 136 Å². The first kappa shape index (κ1) is 17.4. The summed E-state index contributed by atoms with van der Waals surface area (Å²) in [6.45, 7) is 2.47. The van der Waals surface area contributed by atoms with Gasteiger partial charge < -0.3 is 9.64 Å². The van der Waals surface area contributed by atoms with Crippen LogP contribution in [-0.2, 0) is 0 Å². The van der Waals surface area contributed by atoms with Crippen LogP contribution in [-0.4, -0.2) is 30.9 Å². The van der Waals surface area contributed by atoms with Gasteiger partial charge in [-0.15, -0.1) is 0 Å². The molecule has 2 rings (SSSR count). The second kappa shape index (κ2) is 7.55. The topological polar surface area (TPSA) is 12.5 Å². The molecular formula is C16H14ClF4NO. The number of ether oxygens (including phenoxy) is 1. The van der Waals surface area contributed by atoms with Crippen molar-refractivity contribution >= 4 is 17.3 Å². The zero-order valence-corrected chi connectivity index (χ0v) is 12.7. The monoisotopic (exact) mass is 347 g/mol. The van der Waals surface area contributed by atoms with Crippen LogP contribution in [0.5, 0.6) is 5.75 Å². The zero-order chi connectivity index (χ0) is 17.0. The summed E-state index contributed by atoms with van der Waals surface area (Å²) in [6.07, 6.45) is -1.95. The number of nitrogens with zero attached hydrogens (tertiary/aromatic N) is 1. The Morgan fingerprint density at radius 2 is 1.70 bits per heavy atom. The molecule has 0 aliphatic carbocycles. The Bertz CT molecular complexity index is 625. The maximum atomic E-state index is 12.8. The van der Waals surface area contributed by atoms with Crippen molar-refractivity contribution in [1.29, 1.82) is 0 Å². The van der Waals surface area contributed by atoms with E-state index in [0.29, 0.717) is 11.3 Å². The van der Waals surface area contributed by atoms with Gasteiger partial charge in [-0.1, -0.05) is 18.2 Å². The van der Waals surface area contributed by atoms with Crippen LogP contribution in [0.4, 0.5) is 17.6 Å². The van der Waals surface area contributed by atoms with E-state index in [4.69, 9.17) is 16.3 Å². The Kier molecular flexibility index (Phi) is 5.71. The Hall–Kier alpha value is -1.95. The molecular weight excluding hydrogens is 334 g/mol. The summed E-state index contributed by atoms with van der Waals surface area (Å²) in [5, 5.41) is 0.284. The third kappa shape index (κ3) is 4.51. The molecule has 23 heavy (non-hydrogen) atoms. The fraction of sp³-hybridized carbons (Fsp3) is 0.250. The van der Waals surface area contributed by atoms with E-state index in [9.17, 15) is 17.6 Å². The highest BCUT2D eigenvalue weighted by Gasteiger charge is 2.23. The first-order chi connectivity index (χ1) is 10.9. The highest BCUT2D eigenvalue weighted by molar-refractivity contribution is 6.32. The zero-order valence-electron chi connectivity index (χ0n) is 12.0. The molecule has 1 aromatic rings. The fourth-order valence-corrected chi connectivity index (χ4v) is 2.26. The highest BCUT2D eigenvalue weighted by atomic mass is 35.5. The number of hydrogen-bond acceptors (Lipinski definition) is 2. The van der Waals surface area contributed by atoms with Crippen LogP contribution in [0.1, 0.15) is 5.56 Å². The van der Waals surface area contributed by atoms with E-state index in [0.717, 1.165) is 0 Å². The van der Waals surface area contributed by atoms with Gasteiger partial charge in [0.25, 0.3) is 12.9 Å². The van der Waals surface area contributed by atoms with E-state index >= 15 is 0 Å². The van der Waals surface area contributed by atoms with Crippen molar-refractivity contribution in [2.24, 2.45) is 0 Å². The van der Waals surface area contributed by atoms with Crippen LogP contribution in [0.3, 0.4) is 0 Å². The maximum absolute atomic E-state index is 12.8. The first-order valence-electron chi connectivity index (χ1n) is 6.72. The molecule has 0 N–H and O–H groups in total. The van der Waals surface area contributed by atoms with Crippen molar-refractivity contribution in [1.82, 2.24) is 4.90 Å². The highest BCUT2D eigenvalue weighted by Crippen LogP contribution is 2.33. The second-order valence-electron chi connectivity index (χ2n) is 4.74. The molecule has 1 aliphatic heterocycles. The molecule has 1 heterocycles. The minimum Gasteiger partial charge on any atom is -0.488 e. The van der Waals surface area contributed by atoms with Crippen LogP contribution in [0.15, 0.2) is 53.7 Å². The molecule has 1 aromatic carbocycles. The average molecular weight is 348 g/mol. The van der Waals surface area contributed by atoms with Crippen molar-refractivity contribution in [2.75, 3.05) is 13.2 Å². The van der Waals surface area contributed by atoms with E-state index in [-0.39, 0.29) is 16.5 Å². The molecule has 0 unspecified atom stereocenters. The standard InChI is InChI=1S/C16H14ClF4NO/c1-10-13(17)6-7-14(22(10)8-15(18)19)11-2-4-12(5-3-11)23-9-16(20)21/h2-7,15-16H,1,8-9H2. The maximum Gasteiger partial charge on any atom is 0.272 e.